The van der Waals surface area contributed by atoms with Crippen molar-refractivity contribution in [3.05, 3.63) is 0 Å². The maximum absolute atomic E-state index is 12.2. The topological polar surface area (TPSA) is 214 Å². The monoisotopic (exact) mass is 796 g/mol. The molecule has 8 rings (SSSR count). The van der Waals surface area contributed by atoms with Crippen LogP contribution in [0.3, 0.4) is 0 Å². The highest BCUT2D eigenvalue weighted by Crippen LogP contribution is 2.89. The number of esters is 1. The van der Waals surface area contributed by atoms with Gasteiger partial charge in [-0.1, -0.05) is 27.7 Å². The van der Waals surface area contributed by atoms with Gasteiger partial charge in [-0.15, -0.1) is 0 Å². The van der Waals surface area contributed by atoms with Crippen LogP contribution in [0.5, 0.6) is 0 Å². The Hall–Kier alpha value is -1.01. The second-order valence-corrected chi connectivity index (χ2v) is 21.3. The second kappa shape index (κ2) is 13.5. The van der Waals surface area contributed by atoms with Gasteiger partial charge in [-0.05, 0) is 111 Å². The summed E-state index contributed by atoms with van der Waals surface area (Å²) in [5.41, 5.74) is -2.92. The van der Waals surface area contributed by atoms with Crippen LogP contribution in [0.15, 0.2) is 0 Å². The van der Waals surface area contributed by atoms with Gasteiger partial charge in [-0.25, -0.2) is 0 Å². The summed E-state index contributed by atoms with van der Waals surface area (Å²) in [6.45, 7) is 16.1. The van der Waals surface area contributed by atoms with Gasteiger partial charge in [0.05, 0.1) is 49.3 Å². The first-order valence-corrected chi connectivity index (χ1v) is 21.1. The van der Waals surface area contributed by atoms with E-state index in [4.69, 9.17) is 28.4 Å². The van der Waals surface area contributed by atoms with E-state index >= 15 is 0 Å². The lowest BCUT2D eigenvalue weighted by molar-refractivity contribution is -0.326. The lowest BCUT2D eigenvalue weighted by Gasteiger charge is -2.65. The first kappa shape index (κ1) is 41.7. The molecule has 0 amide bonds. The lowest BCUT2D eigenvalue weighted by atomic mass is 9.41. The zero-order valence-electron chi connectivity index (χ0n) is 34.4. The maximum Gasteiger partial charge on any atom is 0.303 e. The van der Waals surface area contributed by atoms with Gasteiger partial charge >= 0.3 is 5.97 Å². The molecule has 14 heteroatoms. The standard InChI is InChI=1S/C42H68O14/c1-20(43)54-31-29(48)24(46)18-52-35(31)56-27-9-10-42-19-41(42)12-11-38(6)32(40(8)14-21(16-53-40)37(4,5)50)22(44)15-39(38,7)26(41)13-25(33(42)36(27,2)3)55-34-30(49)28(47)23(45)17-51-34/h21-35,44-50H,9-19H2,1-8H3/t21-,22+,23-,24-,25+,26+,27+,28+,29+,30-,31-,32+,33+,34+,35+,38-,39+,40+,41+,42-/m1/s1. The van der Waals surface area contributed by atoms with Gasteiger partial charge in [0, 0.05) is 18.8 Å². The molecule has 3 aliphatic heterocycles. The minimum atomic E-state index is -1.47. The third-order valence-electron chi connectivity index (χ3n) is 17.7. The molecule has 2 spiro atoms. The number of carbonyl (C=O) groups is 1. The third kappa shape index (κ3) is 5.89. The molecule has 0 radical (unpaired) electrons. The Bertz CT molecular complexity index is 1520. The highest BCUT2D eigenvalue weighted by atomic mass is 16.7. The summed E-state index contributed by atoms with van der Waals surface area (Å²) in [6, 6.07) is 0. The highest BCUT2D eigenvalue weighted by Gasteiger charge is 2.85. The fourth-order valence-corrected chi connectivity index (χ4v) is 14.9. The van der Waals surface area contributed by atoms with Crippen molar-refractivity contribution in [3.63, 3.8) is 0 Å². The molecule has 3 heterocycles. The number of aliphatic hydroxyl groups is 7. The number of fused-ring (bicyclic) bond motifs is 2. The van der Waals surface area contributed by atoms with E-state index in [1.807, 2.05) is 13.8 Å². The van der Waals surface area contributed by atoms with Gasteiger partial charge in [-0.2, -0.15) is 0 Å². The van der Waals surface area contributed by atoms with E-state index in [0.717, 1.165) is 25.7 Å². The Balaban J connectivity index is 1.14. The molecule has 0 aromatic carbocycles. The van der Waals surface area contributed by atoms with Crippen LogP contribution in [-0.2, 0) is 33.2 Å². The third-order valence-corrected chi connectivity index (χ3v) is 17.7. The van der Waals surface area contributed by atoms with Gasteiger partial charge in [0.25, 0.3) is 0 Å². The van der Waals surface area contributed by atoms with Gasteiger partial charge in [0.2, 0.25) is 0 Å². The van der Waals surface area contributed by atoms with E-state index in [0.29, 0.717) is 32.3 Å². The molecule has 20 atom stereocenters. The Morgan fingerprint density at radius 1 is 0.732 bits per heavy atom. The van der Waals surface area contributed by atoms with Crippen LogP contribution in [0, 0.1) is 50.7 Å². The Morgan fingerprint density at radius 3 is 2.04 bits per heavy atom. The molecule has 56 heavy (non-hydrogen) atoms. The normalized spacial score (nSPS) is 56.4. The van der Waals surface area contributed by atoms with Gasteiger partial charge in [0.1, 0.15) is 30.5 Å². The van der Waals surface area contributed by atoms with Crippen molar-refractivity contribution >= 4 is 5.97 Å². The van der Waals surface area contributed by atoms with E-state index in [1.165, 1.54) is 6.92 Å². The SMILES string of the molecule is CC(=O)O[C@H]1[C@H](O[C@H]2CC[C@]34C[C@]35CC[C@]3(C)[C@@H]([C@]6(C)C[C@@H](C(C)(C)O)CO6)[C@@H](O)C[C@@]3(C)[C@@H]5C[C@H](O[C@@H]3OC[C@@H](O)[C@H](O)[C@H]3O)[C@H]4C2(C)C)OC[C@@H](O)[C@@H]1O. The van der Waals surface area contributed by atoms with Crippen molar-refractivity contribution in [2.75, 3.05) is 19.8 Å². The zero-order valence-corrected chi connectivity index (χ0v) is 34.4. The molecular weight excluding hydrogens is 728 g/mol. The molecule has 8 fully saturated rings. The molecule has 320 valence electrons. The summed E-state index contributed by atoms with van der Waals surface area (Å²) in [6.07, 6.45) is -5.60. The molecule has 3 saturated heterocycles. The first-order chi connectivity index (χ1) is 26.0. The van der Waals surface area contributed by atoms with Crippen molar-refractivity contribution in [1.82, 2.24) is 0 Å². The number of aliphatic hydroxyl groups excluding tert-OH is 6. The summed E-state index contributed by atoms with van der Waals surface area (Å²) in [5, 5.41) is 76.6. The number of ether oxygens (including phenoxy) is 6. The molecular formula is C42H68O14. The Labute approximate surface area is 330 Å². The number of carbonyl (C=O) groups excluding carboxylic acids is 1. The molecule has 0 unspecified atom stereocenters. The molecule has 8 aliphatic rings. The smallest absolute Gasteiger partial charge is 0.303 e. The fourth-order valence-electron chi connectivity index (χ4n) is 14.9. The van der Waals surface area contributed by atoms with Crippen LogP contribution < -0.4 is 0 Å². The zero-order chi connectivity index (χ0) is 40.8. The van der Waals surface area contributed by atoms with Gasteiger partial charge in [0.15, 0.2) is 18.7 Å². The number of hydrogen-bond donors (Lipinski definition) is 7. The van der Waals surface area contributed by atoms with Crippen molar-refractivity contribution in [3.8, 4) is 0 Å². The molecule has 0 aromatic rings. The summed E-state index contributed by atoms with van der Waals surface area (Å²) in [5.74, 6) is -0.797. The molecule has 14 nitrogen and oxygen atoms in total. The van der Waals surface area contributed by atoms with E-state index in [2.05, 4.69) is 34.6 Å². The van der Waals surface area contributed by atoms with Crippen molar-refractivity contribution in [1.29, 1.82) is 0 Å². The molecule has 0 bridgehead atoms. The van der Waals surface area contributed by atoms with Crippen LogP contribution in [0.1, 0.15) is 107 Å². The van der Waals surface area contributed by atoms with E-state index < -0.39 is 90.1 Å². The Morgan fingerprint density at radius 2 is 1.39 bits per heavy atom. The summed E-state index contributed by atoms with van der Waals surface area (Å²) in [4.78, 5) is 12.1. The van der Waals surface area contributed by atoms with Gasteiger partial charge in [-0.3, -0.25) is 4.79 Å². The van der Waals surface area contributed by atoms with Crippen LogP contribution in [0.2, 0.25) is 0 Å². The van der Waals surface area contributed by atoms with Crippen LogP contribution >= 0.6 is 0 Å². The largest absolute Gasteiger partial charge is 0.454 e. The maximum atomic E-state index is 12.2. The van der Waals surface area contributed by atoms with E-state index in [1.54, 1.807) is 0 Å². The molecule has 7 N–H and O–H groups in total. The highest BCUT2D eigenvalue weighted by molar-refractivity contribution is 5.66. The van der Waals surface area contributed by atoms with Crippen molar-refractivity contribution < 1.29 is 69.0 Å². The van der Waals surface area contributed by atoms with E-state index in [9.17, 15) is 40.5 Å². The van der Waals surface area contributed by atoms with Crippen LogP contribution in [0.4, 0.5) is 0 Å². The summed E-state index contributed by atoms with van der Waals surface area (Å²) >= 11 is 0. The van der Waals surface area contributed by atoms with Crippen LogP contribution in [-0.4, -0.2) is 140 Å². The average Bonchev–Trinajstić information content (AvgIpc) is 3.46. The number of rotatable bonds is 7. The second-order valence-electron chi connectivity index (χ2n) is 21.3. The average molecular weight is 797 g/mol. The molecule has 0 aromatic heterocycles. The minimum absolute atomic E-state index is 0.0423. The summed E-state index contributed by atoms with van der Waals surface area (Å²) in [7, 11) is 0. The quantitative estimate of drug-likeness (QED) is 0.145. The predicted octanol–water partition coefficient (Wildman–Crippen LogP) is 1.79. The van der Waals surface area contributed by atoms with Gasteiger partial charge < -0.3 is 64.2 Å². The Kier molecular flexibility index (Phi) is 10.1. The fraction of sp³-hybridized carbons (Fsp3) is 0.976. The molecule has 5 saturated carbocycles. The first-order valence-electron chi connectivity index (χ1n) is 21.1. The predicted molar refractivity (Wildman–Crippen MR) is 197 cm³/mol. The molecule has 5 aliphatic carbocycles. The lowest BCUT2D eigenvalue weighted by Crippen LogP contribution is -2.65. The van der Waals surface area contributed by atoms with Crippen LogP contribution in [0.25, 0.3) is 0 Å². The number of hydrogen-bond acceptors (Lipinski definition) is 14. The minimum Gasteiger partial charge on any atom is -0.454 e. The summed E-state index contributed by atoms with van der Waals surface area (Å²) < 4.78 is 37.5. The van der Waals surface area contributed by atoms with E-state index in [-0.39, 0.29) is 58.5 Å². The van der Waals surface area contributed by atoms with Crippen molar-refractivity contribution in [2.24, 2.45) is 50.7 Å². The van der Waals surface area contributed by atoms with Crippen molar-refractivity contribution in [2.45, 2.75) is 185 Å².